The zero-order chi connectivity index (χ0) is 27.4. The van der Waals surface area contributed by atoms with Crippen molar-refractivity contribution in [2.24, 2.45) is 0 Å². The summed E-state index contributed by atoms with van der Waals surface area (Å²) in [4.78, 5) is 38.8. The molecule has 0 unspecified atom stereocenters. The Kier molecular flexibility index (Phi) is 7.55. The maximum atomic E-state index is 13.0. The Morgan fingerprint density at radius 1 is 1.03 bits per heavy atom. The van der Waals surface area contributed by atoms with Crippen LogP contribution in [0, 0.1) is 0 Å². The molecule has 2 aromatic carbocycles. The third-order valence-corrected chi connectivity index (χ3v) is 6.62. The number of methoxy groups -OCH3 is 1. The van der Waals surface area contributed by atoms with E-state index in [1.165, 1.54) is 16.7 Å². The van der Waals surface area contributed by atoms with Gasteiger partial charge >= 0.3 is 0 Å². The fourth-order valence-corrected chi connectivity index (χ4v) is 4.55. The third kappa shape index (κ3) is 5.75. The van der Waals surface area contributed by atoms with Crippen LogP contribution in [0.3, 0.4) is 0 Å². The summed E-state index contributed by atoms with van der Waals surface area (Å²) in [5.41, 5.74) is 3.14. The van der Waals surface area contributed by atoms with E-state index in [4.69, 9.17) is 9.72 Å². The summed E-state index contributed by atoms with van der Waals surface area (Å²) in [6.07, 6.45) is 4.77. The molecule has 2 N–H and O–H groups in total. The van der Waals surface area contributed by atoms with E-state index >= 15 is 0 Å². The summed E-state index contributed by atoms with van der Waals surface area (Å²) in [6, 6.07) is 16.3. The summed E-state index contributed by atoms with van der Waals surface area (Å²) >= 11 is 0. The summed E-state index contributed by atoms with van der Waals surface area (Å²) < 4.78 is 7.18. The van der Waals surface area contributed by atoms with Crippen LogP contribution in [-0.2, 0) is 4.79 Å². The van der Waals surface area contributed by atoms with Crippen LogP contribution in [0.2, 0.25) is 0 Å². The molecule has 4 aromatic rings. The molecule has 200 valence electrons. The maximum absolute atomic E-state index is 13.0. The third-order valence-electron chi connectivity index (χ3n) is 6.62. The Morgan fingerprint density at radius 3 is 2.62 bits per heavy atom. The molecule has 5 rings (SSSR count). The Morgan fingerprint density at radius 2 is 1.85 bits per heavy atom. The van der Waals surface area contributed by atoms with Crippen LogP contribution in [0.15, 0.2) is 77.7 Å². The van der Waals surface area contributed by atoms with Crippen molar-refractivity contribution in [3.63, 3.8) is 0 Å². The first-order valence-corrected chi connectivity index (χ1v) is 12.8. The molecule has 39 heavy (non-hydrogen) atoms. The van der Waals surface area contributed by atoms with Gasteiger partial charge in [0.05, 0.1) is 18.5 Å². The second-order valence-electron chi connectivity index (χ2n) is 9.32. The average Bonchev–Trinajstić information content (AvgIpc) is 2.94. The molecule has 10 heteroatoms. The number of carbonyl (C=O) groups is 1. The predicted molar refractivity (Wildman–Crippen MR) is 155 cm³/mol. The van der Waals surface area contributed by atoms with Crippen LogP contribution >= 0.6 is 0 Å². The van der Waals surface area contributed by atoms with Gasteiger partial charge in [-0.25, -0.2) is 4.98 Å². The van der Waals surface area contributed by atoms with Crippen molar-refractivity contribution in [1.29, 1.82) is 0 Å². The minimum Gasteiger partial charge on any atom is -0.494 e. The lowest BCUT2D eigenvalue weighted by Crippen LogP contribution is -2.44. The van der Waals surface area contributed by atoms with Crippen LogP contribution in [0.1, 0.15) is 6.92 Å². The van der Waals surface area contributed by atoms with E-state index < -0.39 is 0 Å². The second kappa shape index (κ2) is 11.4. The van der Waals surface area contributed by atoms with Crippen LogP contribution in [-0.4, -0.2) is 65.7 Å². The number of amides is 1. The smallest absolute Gasteiger partial charge is 0.256 e. The van der Waals surface area contributed by atoms with Gasteiger partial charge in [0.15, 0.2) is 5.65 Å². The van der Waals surface area contributed by atoms with Crippen LogP contribution in [0.4, 0.5) is 23.0 Å². The molecule has 0 spiro atoms. The Labute approximate surface area is 226 Å². The van der Waals surface area contributed by atoms with E-state index in [1.54, 1.807) is 56.6 Å². The van der Waals surface area contributed by atoms with Crippen molar-refractivity contribution in [1.82, 2.24) is 19.4 Å². The predicted octanol–water partition coefficient (Wildman–Crippen LogP) is 3.80. The van der Waals surface area contributed by atoms with E-state index in [0.717, 1.165) is 31.9 Å². The lowest BCUT2D eigenvalue weighted by atomic mass is 10.2. The number of fused-ring (bicyclic) bond motifs is 1. The van der Waals surface area contributed by atoms with Gasteiger partial charge in [0.1, 0.15) is 5.75 Å². The fourth-order valence-electron chi connectivity index (χ4n) is 4.55. The molecule has 1 saturated heterocycles. The zero-order valence-electron chi connectivity index (χ0n) is 22.2. The number of anilines is 4. The highest BCUT2D eigenvalue weighted by Gasteiger charge is 2.17. The van der Waals surface area contributed by atoms with E-state index in [0.29, 0.717) is 39.8 Å². The molecule has 3 heterocycles. The van der Waals surface area contributed by atoms with Gasteiger partial charge in [-0.15, -0.1) is 0 Å². The SMILES string of the molecule is C/C=C/C(=O)Nc1cccc(-n2c(=O)ccc3cnc(Nc4ccc(N5CCN(C)CC5)cc4OC)nc32)c1. The molecule has 10 nitrogen and oxygen atoms in total. The van der Waals surface area contributed by atoms with E-state index in [2.05, 4.69) is 38.5 Å². The Bertz CT molecular complexity index is 1590. The van der Waals surface area contributed by atoms with Crippen LogP contribution < -0.4 is 25.8 Å². The van der Waals surface area contributed by atoms with Crippen molar-refractivity contribution in [3.8, 4) is 11.4 Å². The van der Waals surface area contributed by atoms with E-state index in [-0.39, 0.29) is 11.5 Å². The van der Waals surface area contributed by atoms with Gasteiger partial charge in [0.25, 0.3) is 5.56 Å². The number of ether oxygens (including phenoxy) is 1. The summed E-state index contributed by atoms with van der Waals surface area (Å²) in [5, 5.41) is 6.75. The van der Waals surface area contributed by atoms with Gasteiger partial charge in [-0.1, -0.05) is 12.1 Å². The fraction of sp³-hybridized carbons (Fsp3) is 0.241. The highest BCUT2D eigenvalue weighted by atomic mass is 16.5. The van der Waals surface area contributed by atoms with Gasteiger partial charge in [-0.2, -0.15) is 4.98 Å². The normalized spacial score (nSPS) is 14.1. The van der Waals surface area contributed by atoms with Crippen molar-refractivity contribution in [2.75, 3.05) is 55.9 Å². The standard InChI is InChI=1S/C29H31N7O3/c1-4-6-26(37)31-21-7-5-8-23(17-21)36-27(38)12-9-20-19-30-29(33-28(20)36)32-24-11-10-22(18-25(24)39-3)35-15-13-34(2)14-16-35/h4-12,17-19H,13-16H2,1-3H3,(H,31,37)(H,30,32,33)/b6-4+. The monoisotopic (exact) mass is 525 g/mol. The summed E-state index contributed by atoms with van der Waals surface area (Å²) in [7, 11) is 3.77. The molecular weight excluding hydrogens is 494 g/mol. The lowest BCUT2D eigenvalue weighted by Gasteiger charge is -2.34. The zero-order valence-corrected chi connectivity index (χ0v) is 22.2. The Balaban J connectivity index is 1.47. The van der Waals surface area contributed by atoms with Gasteiger partial charge in [-0.3, -0.25) is 14.2 Å². The molecule has 1 amide bonds. The number of hydrogen-bond acceptors (Lipinski definition) is 8. The molecule has 0 aliphatic carbocycles. The molecule has 0 bridgehead atoms. The summed E-state index contributed by atoms with van der Waals surface area (Å²) in [6.45, 7) is 5.71. The highest BCUT2D eigenvalue weighted by Crippen LogP contribution is 2.32. The van der Waals surface area contributed by atoms with Crippen LogP contribution in [0.5, 0.6) is 5.75 Å². The van der Waals surface area contributed by atoms with Crippen molar-refractivity contribution in [2.45, 2.75) is 6.92 Å². The van der Waals surface area contributed by atoms with Crippen LogP contribution in [0.25, 0.3) is 16.7 Å². The number of piperazine rings is 1. The molecule has 0 atom stereocenters. The Hall–Kier alpha value is -4.70. The van der Waals surface area contributed by atoms with Gasteiger partial charge < -0.3 is 25.2 Å². The summed E-state index contributed by atoms with van der Waals surface area (Å²) in [5.74, 6) is 0.747. The lowest BCUT2D eigenvalue weighted by molar-refractivity contribution is -0.111. The van der Waals surface area contributed by atoms with Crippen molar-refractivity contribution < 1.29 is 9.53 Å². The first-order valence-electron chi connectivity index (χ1n) is 12.8. The molecule has 0 radical (unpaired) electrons. The first kappa shape index (κ1) is 25.9. The topological polar surface area (TPSA) is 105 Å². The molecule has 2 aromatic heterocycles. The van der Waals surface area contributed by atoms with Gasteiger partial charge in [0, 0.05) is 61.3 Å². The number of rotatable bonds is 7. The van der Waals surface area contributed by atoms with E-state index in [1.807, 2.05) is 12.1 Å². The molecule has 1 aliphatic heterocycles. The number of nitrogens with one attached hydrogen (secondary N) is 2. The number of hydrogen-bond donors (Lipinski definition) is 2. The number of nitrogens with zero attached hydrogens (tertiary/aromatic N) is 5. The highest BCUT2D eigenvalue weighted by molar-refractivity contribution is 5.99. The number of pyridine rings is 1. The van der Waals surface area contributed by atoms with Crippen molar-refractivity contribution in [3.05, 3.63) is 83.3 Å². The second-order valence-corrected chi connectivity index (χ2v) is 9.32. The average molecular weight is 526 g/mol. The number of allylic oxidation sites excluding steroid dienone is 1. The maximum Gasteiger partial charge on any atom is 0.256 e. The number of aromatic nitrogens is 3. The minimum atomic E-state index is -0.252. The quantitative estimate of drug-likeness (QED) is 0.351. The number of benzene rings is 2. The molecule has 1 aliphatic rings. The molecule has 0 saturated carbocycles. The minimum absolute atomic E-state index is 0.249. The van der Waals surface area contributed by atoms with Crippen molar-refractivity contribution >= 4 is 40.0 Å². The van der Waals surface area contributed by atoms with Gasteiger partial charge in [0.2, 0.25) is 11.9 Å². The largest absolute Gasteiger partial charge is 0.494 e. The van der Waals surface area contributed by atoms with E-state index in [9.17, 15) is 9.59 Å². The first-order chi connectivity index (χ1) is 18.9. The number of likely N-dealkylation sites (N-methyl/N-ethyl adjacent to an activating group) is 1. The molecule has 1 fully saturated rings. The molecular formula is C29H31N7O3. The van der Waals surface area contributed by atoms with Gasteiger partial charge in [-0.05, 0) is 56.4 Å². The number of carbonyl (C=O) groups excluding carboxylic acids is 1.